The third-order valence-corrected chi connectivity index (χ3v) is 3.61. The molecule has 1 unspecified atom stereocenters. The average Bonchev–Trinajstić information content (AvgIpc) is 2.29. The summed E-state index contributed by atoms with van der Waals surface area (Å²) in [7, 11) is 0. The highest BCUT2D eigenvalue weighted by molar-refractivity contribution is 8.00. The summed E-state index contributed by atoms with van der Waals surface area (Å²) in [5.41, 5.74) is 1.14. The Morgan fingerprint density at radius 1 is 1.14 bits per heavy atom. The highest BCUT2D eigenvalue weighted by Gasteiger charge is 2.09. The fourth-order valence-electron chi connectivity index (χ4n) is 1.54. The van der Waals surface area contributed by atoms with Gasteiger partial charge in [-0.05, 0) is 30.7 Å². The van der Waals surface area contributed by atoms with E-state index in [0.29, 0.717) is 5.25 Å². The van der Waals surface area contributed by atoms with E-state index in [1.807, 2.05) is 30.0 Å². The topological polar surface area (TPSA) is 0 Å². The summed E-state index contributed by atoms with van der Waals surface area (Å²) in [6, 6.07) is 10.2. The lowest BCUT2D eigenvalue weighted by atomic mass is 10.1. The minimum Gasteiger partial charge on any atom is -0.145 e. The maximum atomic E-state index is 3.35. The number of hydrogen-bond acceptors (Lipinski definition) is 1. The van der Waals surface area contributed by atoms with Gasteiger partial charge in [-0.3, -0.25) is 0 Å². The number of rotatable bonds is 0. The standard InChI is InChI=1S/C13H14S/c1-2-6-12(7-3-1)9-10-13-8-4-5-11-14-13/h1-3,6-7,13H,4-5,8,11H2. The van der Waals surface area contributed by atoms with Crippen LogP contribution in [0.2, 0.25) is 0 Å². The minimum atomic E-state index is 0.573. The van der Waals surface area contributed by atoms with Gasteiger partial charge in [0.15, 0.2) is 0 Å². The molecule has 1 atom stereocenters. The maximum Gasteiger partial charge on any atom is 0.0660 e. The molecule has 0 aliphatic carbocycles. The molecule has 0 nitrogen and oxygen atoms in total. The first-order valence-corrected chi connectivity index (χ1v) is 6.18. The van der Waals surface area contributed by atoms with E-state index in [-0.39, 0.29) is 0 Å². The second kappa shape index (κ2) is 5.12. The van der Waals surface area contributed by atoms with Crippen LogP contribution in [0.25, 0.3) is 0 Å². The fraction of sp³-hybridized carbons (Fsp3) is 0.385. The lowest BCUT2D eigenvalue weighted by Crippen LogP contribution is -2.06. The summed E-state index contributed by atoms with van der Waals surface area (Å²) in [5, 5.41) is 0.573. The van der Waals surface area contributed by atoms with Gasteiger partial charge < -0.3 is 0 Å². The summed E-state index contributed by atoms with van der Waals surface area (Å²) in [6.45, 7) is 0. The van der Waals surface area contributed by atoms with Crippen LogP contribution in [-0.4, -0.2) is 11.0 Å². The zero-order valence-corrected chi connectivity index (χ0v) is 9.02. The van der Waals surface area contributed by atoms with E-state index in [4.69, 9.17) is 0 Å². The first-order valence-electron chi connectivity index (χ1n) is 5.13. The predicted octanol–water partition coefficient (Wildman–Crippen LogP) is 3.32. The van der Waals surface area contributed by atoms with Crippen molar-refractivity contribution in [3.63, 3.8) is 0 Å². The van der Waals surface area contributed by atoms with Gasteiger partial charge in [0.2, 0.25) is 0 Å². The highest BCUT2D eigenvalue weighted by Crippen LogP contribution is 2.24. The molecule has 0 aromatic heterocycles. The van der Waals surface area contributed by atoms with Crippen LogP contribution in [0.1, 0.15) is 24.8 Å². The molecule has 72 valence electrons. The smallest absolute Gasteiger partial charge is 0.0660 e. The molecule has 1 aromatic carbocycles. The van der Waals surface area contributed by atoms with Crippen LogP contribution in [0, 0.1) is 11.8 Å². The molecule has 1 heteroatoms. The largest absolute Gasteiger partial charge is 0.145 e. The van der Waals surface area contributed by atoms with E-state index in [0.717, 1.165) is 5.56 Å². The maximum absolute atomic E-state index is 3.35. The predicted molar refractivity (Wildman–Crippen MR) is 63.4 cm³/mol. The average molecular weight is 202 g/mol. The van der Waals surface area contributed by atoms with Gasteiger partial charge in [0, 0.05) is 5.56 Å². The van der Waals surface area contributed by atoms with E-state index in [1.165, 1.54) is 25.0 Å². The normalized spacial score (nSPS) is 21.0. The van der Waals surface area contributed by atoms with Crippen molar-refractivity contribution in [1.82, 2.24) is 0 Å². The van der Waals surface area contributed by atoms with Crippen molar-refractivity contribution < 1.29 is 0 Å². The molecule has 0 saturated carbocycles. The Kier molecular flexibility index (Phi) is 3.54. The lowest BCUT2D eigenvalue weighted by Gasteiger charge is -2.15. The Morgan fingerprint density at radius 2 is 2.00 bits per heavy atom. The van der Waals surface area contributed by atoms with Crippen LogP contribution < -0.4 is 0 Å². The fourth-order valence-corrected chi connectivity index (χ4v) is 2.67. The van der Waals surface area contributed by atoms with Crippen molar-refractivity contribution in [2.45, 2.75) is 24.5 Å². The van der Waals surface area contributed by atoms with Crippen molar-refractivity contribution in [2.24, 2.45) is 0 Å². The number of benzene rings is 1. The van der Waals surface area contributed by atoms with Crippen molar-refractivity contribution in [3.8, 4) is 11.8 Å². The van der Waals surface area contributed by atoms with Gasteiger partial charge >= 0.3 is 0 Å². The Morgan fingerprint density at radius 3 is 2.71 bits per heavy atom. The van der Waals surface area contributed by atoms with Crippen LogP contribution in [0.3, 0.4) is 0 Å². The van der Waals surface area contributed by atoms with Gasteiger partial charge in [-0.2, -0.15) is 0 Å². The number of hydrogen-bond donors (Lipinski definition) is 0. The van der Waals surface area contributed by atoms with Crippen LogP contribution >= 0.6 is 11.8 Å². The molecule has 0 amide bonds. The van der Waals surface area contributed by atoms with Crippen molar-refractivity contribution in [3.05, 3.63) is 35.9 Å². The molecular weight excluding hydrogens is 188 g/mol. The molecule has 1 fully saturated rings. The molecule has 1 aromatic rings. The molecule has 2 rings (SSSR count). The van der Waals surface area contributed by atoms with Crippen LogP contribution in [0.15, 0.2) is 30.3 Å². The van der Waals surface area contributed by atoms with Crippen molar-refractivity contribution in [2.75, 3.05) is 5.75 Å². The Bertz CT molecular complexity index is 325. The SMILES string of the molecule is C(#CC1CCCCS1)c1ccccc1. The monoisotopic (exact) mass is 202 g/mol. The summed E-state index contributed by atoms with van der Waals surface area (Å²) >= 11 is 2.01. The molecule has 1 heterocycles. The molecule has 0 bridgehead atoms. The van der Waals surface area contributed by atoms with Gasteiger partial charge in [-0.15, -0.1) is 11.8 Å². The molecule has 0 N–H and O–H groups in total. The van der Waals surface area contributed by atoms with Gasteiger partial charge in [-0.1, -0.05) is 36.5 Å². The summed E-state index contributed by atoms with van der Waals surface area (Å²) in [5.74, 6) is 7.88. The lowest BCUT2D eigenvalue weighted by molar-refractivity contribution is 0.727. The zero-order valence-electron chi connectivity index (χ0n) is 8.20. The molecule has 1 saturated heterocycles. The number of thioether (sulfide) groups is 1. The molecule has 1 aliphatic rings. The summed E-state index contributed by atoms with van der Waals surface area (Å²) < 4.78 is 0. The van der Waals surface area contributed by atoms with Gasteiger partial charge in [0.05, 0.1) is 5.25 Å². The highest BCUT2D eigenvalue weighted by atomic mass is 32.2. The van der Waals surface area contributed by atoms with Crippen molar-refractivity contribution in [1.29, 1.82) is 0 Å². The van der Waals surface area contributed by atoms with Gasteiger partial charge in [0.1, 0.15) is 0 Å². The Balaban J connectivity index is 1.99. The summed E-state index contributed by atoms with van der Waals surface area (Å²) in [6.07, 6.45) is 3.99. The van der Waals surface area contributed by atoms with Gasteiger partial charge in [-0.25, -0.2) is 0 Å². The quantitative estimate of drug-likeness (QED) is 0.582. The van der Waals surface area contributed by atoms with Crippen molar-refractivity contribution >= 4 is 11.8 Å². The third kappa shape index (κ3) is 2.82. The Labute approximate surface area is 90.1 Å². The molecular formula is C13H14S. The second-order valence-electron chi connectivity index (χ2n) is 3.49. The minimum absolute atomic E-state index is 0.573. The molecule has 0 spiro atoms. The van der Waals surface area contributed by atoms with E-state index < -0.39 is 0 Å². The third-order valence-electron chi connectivity index (χ3n) is 2.33. The van der Waals surface area contributed by atoms with Gasteiger partial charge in [0.25, 0.3) is 0 Å². The molecule has 1 aliphatic heterocycles. The van der Waals surface area contributed by atoms with E-state index in [2.05, 4.69) is 24.0 Å². The first kappa shape index (κ1) is 9.68. The second-order valence-corrected chi connectivity index (χ2v) is 4.80. The van der Waals surface area contributed by atoms with Crippen LogP contribution in [-0.2, 0) is 0 Å². The van der Waals surface area contributed by atoms with E-state index in [9.17, 15) is 0 Å². The zero-order chi connectivity index (χ0) is 9.64. The molecule has 0 radical (unpaired) electrons. The van der Waals surface area contributed by atoms with E-state index in [1.54, 1.807) is 0 Å². The summed E-state index contributed by atoms with van der Waals surface area (Å²) in [4.78, 5) is 0. The van der Waals surface area contributed by atoms with Crippen LogP contribution in [0.5, 0.6) is 0 Å². The molecule has 14 heavy (non-hydrogen) atoms. The van der Waals surface area contributed by atoms with E-state index >= 15 is 0 Å². The first-order chi connectivity index (χ1) is 6.95. The van der Waals surface area contributed by atoms with Crippen LogP contribution in [0.4, 0.5) is 0 Å². The Hall–Kier alpha value is -0.870.